The Labute approximate surface area is 146 Å². The average Bonchev–Trinajstić information content (AvgIpc) is 2.82. The van der Waals surface area contributed by atoms with Gasteiger partial charge >= 0.3 is 0 Å². The summed E-state index contributed by atoms with van der Waals surface area (Å²) in [5, 5.41) is 4.88. The van der Waals surface area contributed by atoms with Crippen LogP contribution in [-0.2, 0) is 6.42 Å². The number of hydrogen-bond donors (Lipinski definition) is 1. The lowest BCUT2D eigenvalue weighted by Gasteiger charge is -2.16. The van der Waals surface area contributed by atoms with E-state index in [1.54, 1.807) is 17.4 Å². The van der Waals surface area contributed by atoms with Crippen LogP contribution in [0.4, 0.5) is 0 Å². The molecular formula is C14H13BrCl3NS. The predicted molar refractivity (Wildman–Crippen MR) is 93.6 cm³/mol. The molecule has 0 saturated carbocycles. The first-order valence-electron chi connectivity index (χ1n) is 6.10. The van der Waals surface area contributed by atoms with Gasteiger partial charge in [-0.25, -0.2) is 0 Å². The van der Waals surface area contributed by atoms with Crippen molar-refractivity contribution in [2.45, 2.75) is 19.4 Å². The minimum Gasteiger partial charge on any atom is -0.310 e. The number of nitrogens with one attached hydrogen (secondary N) is 1. The van der Waals surface area contributed by atoms with E-state index < -0.39 is 0 Å². The van der Waals surface area contributed by atoms with Crippen LogP contribution in [0, 0.1) is 0 Å². The molecule has 2 aromatic rings. The highest BCUT2D eigenvalue weighted by molar-refractivity contribution is 9.11. The van der Waals surface area contributed by atoms with Crippen molar-refractivity contribution in [3.8, 4) is 0 Å². The topological polar surface area (TPSA) is 12.0 Å². The number of halogens is 4. The summed E-state index contributed by atoms with van der Waals surface area (Å²) in [7, 11) is 0. The van der Waals surface area contributed by atoms with E-state index in [-0.39, 0.29) is 6.04 Å². The summed E-state index contributed by atoms with van der Waals surface area (Å²) in [4.78, 5) is 1.34. The second-order valence-electron chi connectivity index (χ2n) is 4.40. The van der Waals surface area contributed by atoms with Gasteiger partial charge < -0.3 is 5.32 Å². The predicted octanol–water partition coefficient (Wildman–Crippen LogP) is 6.36. The Kier molecular flexibility index (Phi) is 6.21. The van der Waals surface area contributed by atoms with Gasteiger partial charge in [-0.2, -0.15) is 0 Å². The maximum absolute atomic E-state index is 6.23. The zero-order valence-electron chi connectivity index (χ0n) is 10.7. The molecule has 1 heterocycles. The van der Waals surface area contributed by atoms with Crippen LogP contribution in [0.2, 0.25) is 15.1 Å². The Morgan fingerprint density at radius 2 is 1.90 bits per heavy atom. The molecule has 0 radical (unpaired) electrons. The van der Waals surface area contributed by atoms with E-state index in [4.69, 9.17) is 34.8 Å². The van der Waals surface area contributed by atoms with Crippen molar-refractivity contribution in [2.75, 3.05) is 6.54 Å². The lowest BCUT2D eigenvalue weighted by molar-refractivity contribution is 0.579. The zero-order valence-corrected chi connectivity index (χ0v) is 15.4. The van der Waals surface area contributed by atoms with E-state index in [0.29, 0.717) is 15.1 Å². The third kappa shape index (κ3) is 4.12. The van der Waals surface area contributed by atoms with Crippen LogP contribution in [-0.4, -0.2) is 6.54 Å². The van der Waals surface area contributed by atoms with Crippen LogP contribution < -0.4 is 5.32 Å². The molecule has 1 aromatic heterocycles. The second kappa shape index (κ2) is 7.48. The first kappa shape index (κ1) is 16.6. The first-order valence-corrected chi connectivity index (χ1v) is 8.84. The van der Waals surface area contributed by atoms with Crippen molar-refractivity contribution in [1.82, 2.24) is 5.32 Å². The summed E-state index contributed by atoms with van der Waals surface area (Å²) in [5.41, 5.74) is 0.966. The van der Waals surface area contributed by atoms with Gasteiger partial charge in [0.15, 0.2) is 0 Å². The lowest BCUT2D eigenvalue weighted by Crippen LogP contribution is -2.21. The Morgan fingerprint density at radius 3 is 2.55 bits per heavy atom. The summed E-state index contributed by atoms with van der Waals surface area (Å²) in [6.45, 7) is 2.94. The summed E-state index contributed by atoms with van der Waals surface area (Å²) < 4.78 is 1.16. The Balaban J connectivity index is 1.95. The van der Waals surface area contributed by atoms with E-state index in [2.05, 4.69) is 40.3 Å². The minimum absolute atomic E-state index is 0.126. The fourth-order valence-corrected chi connectivity index (χ4v) is 4.07. The van der Waals surface area contributed by atoms with Crippen molar-refractivity contribution >= 4 is 62.1 Å². The maximum atomic E-state index is 6.23. The maximum Gasteiger partial charge on any atom is 0.0781 e. The molecule has 0 aliphatic heterocycles. The molecule has 108 valence electrons. The van der Waals surface area contributed by atoms with Crippen molar-refractivity contribution in [1.29, 1.82) is 0 Å². The van der Waals surface area contributed by atoms with Crippen LogP contribution in [0.5, 0.6) is 0 Å². The number of rotatable bonds is 5. The molecule has 0 aliphatic carbocycles. The molecule has 0 spiro atoms. The summed E-state index contributed by atoms with van der Waals surface area (Å²) in [6, 6.07) is 8.02. The molecule has 0 aliphatic rings. The molecule has 1 aromatic carbocycles. The minimum atomic E-state index is 0.126. The average molecular weight is 414 g/mol. The lowest BCUT2D eigenvalue weighted by atomic mass is 10.1. The van der Waals surface area contributed by atoms with E-state index in [0.717, 1.165) is 22.3 Å². The van der Waals surface area contributed by atoms with Crippen molar-refractivity contribution in [3.63, 3.8) is 0 Å². The molecule has 2 rings (SSSR count). The fourth-order valence-electron chi connectivity index (χ4n) is 1.88. The quantitative estimate of drug-likeness (QED) is 0.562. The second-order valence-corrected chi connectivity index (χ2v) is 8.11. The van der Waals surface area contributed by atoms with Gasteiger partial charge in [0, 0.05) is 17.5 Å². The largest absolute Gasteiger partial charge is 0.310 e. The van der Waals surface area contributed by atoms with Crippen LogP contribution in [0.15, 0.2) is 28.1 Å². The van der Waals surface area contributed by atoms with Gasteiger partial charge in [0.05, 0.1) is 18.9 Å². The molecule has 6 heteroatoms. The summed E-state index contributed by atoms with van der Waals surface area (Å²) in [5.74, 6) is 0. The Bertz CT molecular complexity index is 600. The van der Waals surface area contributed by atoms with Crippen molar-refractivity contribution in [2.24, 2.45) is 0 Å². The van der Waals surface area contributed by atoms with Crippen LogP contribution in [0.25, 0.3) is 0 Å². The van der Waals surface area contributed by atoms with Gasteiger partial charge in [0.1, 0.15) is 0 Å². The highest BCUT2D eigenvalue weighted by Crippen LogP contribution is 2.35. The van der Waals surface area contributed by atoms with E-state index in [1.165, 1.54) is 4.88 Å². The van der Waals surface area contributed by atoms with E-state index in [9.17, 15) is 0 Å². The van der Waals surface area contributed by atoms with E-state index >= 15 is 0 Å². The third-order valence-electron chi connectivity index (χ3n) is 2.98. The van der Waals surface area contributed by atoms with Crippen molar-refractivity contribution < 1.29 is 0 Å². The molecule has 1 N–H and O–H groups in total. The van der Waals surface area contributed by atoms with Crippen LogP contribution in [0.3, 0.4) is 0 Å². The molecule has 1 unspecified atom stereocenters. The van der Waals surface area contributed by atoms with Gasteiger partial charge in [0.25, 0.3) is 0 Å². The first-order chi connectivity index (χ1) is 9.49. The van der Waals surface area contributed by atoms with Crippen molar-refractivity contribution in [3.05, 3.63) is 53.6 Å². The monoisotopic (exact) mass is 411 g/mol. The molecule has 20 heavy (non-hydrogen) atoms. The number of hydrogen-bond acceptors (Lipinski definition) is 2. The molecule has 1 atom stereocenters. The molecule has 0 bridgehead atoms. The van der Waals surface area contributed by atoms with Crippen LogP contribution >= 0.6 is 62.1 Å². The molecule has 0 saturated heterocycles. The van der Waals surface area contributed by atoms with E-state index in [1.807, 2.05) is 6.07 Å². The summed E-state index contributed by atoms with van der Waals surface area (Å²) in [6.07, 6.45) is 0.986. The zero-order chi connectivity index (χ0) is 14.7. The van der Waals surface area contributed by atoms with Gasteiger partial charge in [-0.3, -0.25) is 0 Å². The normalized spacial score (nSPS) is 12.7. The smallest absolute Gasteiger partial charge is 0.0781 e. The van der Waals surface area contributed by atoms with Gasteiger partial charge in [-0.15, -0.1) is 11.3 Å². The number of benzene rings is 1. The third-order valence-corrected chi connectivity index (χ3v) is 5.97. The van der Waals surface area contributed by atoms with Gasteiger partial charge in [-0.05, 0) is 53.0 Å². The number of thiophene rings is 1. The highest BCUT2D eigenvalue weighted by Gasteiger charge is 2.13. The van der Waals surface area contributed by atoms with Gasteiger partial charge in [-0.1, -0.05) is 40.9 Å². The highest BCUT2D eigenvalue weighted by atomic mass is 79.9. The van der Waals surface area contributed by atoms with Crippen LogP contribution in [0.1, 0.15) is 23.4 Å². The molecule has 0 amide bonds. The Hall–Kier alpha value is 0.230. The standard InChI is InChI=1S/C14H13BrCl3NS/c1-8(10-3-4-11(16)14(18)13(10)17)19-7-6-9-2-5-12(15)20-9/h2-5,8,19H,6-7H2,1H3. The SMILES string of the molecule is CC(NCCc1ccc(Br)s1)c1ccc(Cl)c(Cl)c1Cl. The van der Waals surface area contributed by atoms with Gasteiger partial charge in [0.2, 0.25) is 0 Å². The molecule has 1 nitrogen and oxygen atoms in total. The molecular weight excluding hydrogens is 400 g/mol. The molecule has 0 fully saturated rings. The Morgan fingerprint density at radius 1 is 1.15 bits per heavy atom. The summed E-state index contributed by atoms with van der Waals surface area (Å²) >= 11 is 23.5. The fraction of sp³-hybridized carbons (Fsp3) is 0.286.